The summed E-state index contributed by atoms with van der Waals surface area (Å²) >= 11 is 0. The molecule has 0 radical (unpaired) electrons. The number of ether oxygens (including phenoxy) is 2. The highest BCUT2D eigenvalue weighted by Crippen LogP contribution is 2.39. The number of alkyl halides is 3. The van der Waals surface area contributed by atoms with Crippen LogP contribution in [0.15, 0.2) is 66.3 Å². The molecular weight excluding hydrogens is 1520 g/mol. The van der Waals surface area contributed by atoms with Crippen LogP contribution in [0.2, 0.25) is 0 Å². The second kappa shape index (κ2) is 41.2. The number of carbonyl (C=O) groups excluding carboxylic acids is 13. The summed E-state index contributed by atoms with van der Waals surface area (Å²) in [6.07, 6.45) is 3.51. The average Bonchev–Trinajstić information content (AvgIpc) is 1.75. The van der Waals surface area contributed by atoms with Crippen molar-refractivity contribution in [1.82, 2.24) is 60.0 Å². The SMILES string of the molecule is CC[C@H](C)[C@H](NC(=O)[C@H](CC(C)C)N(C)C(=O)C[C@@H](C(=O)N(C)C)N(C)C(=O)[C@H](C1CCCC1)N(C)C(=O)C1(NC(=O)[C@@H]2CCCN2C(=O)[C@H](CCc2cc(F)c(C(F)(F)F)c(F)c2)NC(=O)OCc2ccccc2)CCCC1)C(=O)N(C)[C@@H](C)C(=O)N1CC[C@H]1C(=O)N(CC)[C@@H](CC1C=CC(C)=CC1)C(=O)N(C)CC(=O)OC(C)(C)C. The third-order valence-electron chi connectivity index (χ3n) is 23.6. The highest BCUT2D eigenvalue weighted by molar-refractivity contribution is 6.01. The summed E-state index contributed by atoms with van der Waals surface area (Å²) in [5.74, 6) is -12.9. The minimum Gasteiger partial charge on any atom is -0.459 e. The number of esters is 1. The maximum absolute atomic E-state index is 15.6. The van der Waals surface area contributed by atoms with Crippen molar-refractivity contribution in [2.75, 3.05) is 75.5 Å². The van der Waals surface area contributed by atoms with E-state index in [4.69, 9.17) is 9.47 Å². The molecule has 117 heavy (non-hydrogen) atoms. The van der Waals surface area contributed by atoms with Crippen molar-refractivity contribution < 1.29 is 93.8 Å². The second-order valence-electron chi connectivity index (χ2n) is 33.9. The van der Waals surface area contributed by atoms with Gasteiger partial charge in [-0.1, -0.05) is 114 Å². The summed E-state index contributed by atoms with van der Waals surface area (Å²) in [6.45, 7) is 17.2. The lowest BCUT2D eigenvalue weighted by Gasteiger charge is -2.46. The Labute approximate surface area is 684 Å². The Balaban J connectivity index is 1.06. The van der Waals surface area contributed by atoms with E-state index in [0.29, 0.717) is 69.1 Å². The number of hydrogen-bond donors (Lipinski definition) is 3. The van der Waals surface area contributed by atoms with Crippen LogP contribution in [0.25, 0.3) is 0 Å². The third-order valence-corrected chi connectivity index (χ3v) is 23.6. The number of likely N-dealkylation sites (N-methyl/N-ethyl adjacent to an activating group) is 7. The van der Waals surface area contributed by atoms with E-state index in [9.17, 15) is 65.1 Å². The van der Waals surface area contributed by atoms with Gasteiger partial charge in [0, 0.05) is 69.0 Å². The van der Waals surface area contributed by atoms with Gasteiger partial charge in [0.1, 0.15) is 95.9 Å². The summed E-state index contributed by atoms with van der Waals surface area (Å²) in [6, 6.07) is -1.76. The van der Waals surface area contributed by atoms with E-state index >= 15 is 19.2 Å². The van der Waals surface area contributed by atoms with E-state index in [-0.39, 0.29) is 95.1 Å². The Bertz CT molecular complexity index is 3950. The number of carbonyl (C=O) groups is 13. The summed E-state index contributed by atoms with van der Waals surface area (Å²) in [4.78, 5) is 202. The number of halogens is 5. The second-order valence-corrected chi connectivity index (χ2v) is 33.9. The van der Waals surface area contributed by atoms with Crippen LogP contribution in [0, 0.1) is 35.3 Å². The normalized spacial score (nSPS) is 19.4. The van der Waals surface area contributed by atoms with Gasteiger partial charge in [0.25, 0.3) is 0 Å². The lowest BCUT2D eigenvalue weighted by Crippen LogP contribution is -2.65. The molecule has 0 bridgehead atoms. The molecule has 0 spiro atoms. The van der Waals surface area contributed by atoms with Gasteiger partial charge in [0.2, 0.25) is 65.0 Å². The van der Waals surface area contributed by atoms with Gasteiger partial charge >= 0.3 is 18.2 Å². The molecule has 2 heterocycles. The maximum Gasteiger partial charge on any atom is 0.422 e. The molecule has 1 unspecified atom stereocenters. The lowest BCUT2D eigenvalue weighted by atomic mass is 9.89. The maximum atomic E-state index is 15.6. The van der Waals surface area contributed by atoms with Crippen LogP contribution in [0.3, 0.4) is 0 Å². The summed E-state index contributed by atoms with van der Waals surface area (Å²) < 4.78 is 81.3. The van der Waals surface area contributed by atoms with Crippen molar-refractivity contribution in [2.45, 2.75) is 263 Å². The first-order valence-electron chi connectivity index (χ1n) is 41.0. The van der Waals surface area contributed by atoms with Crippen LogP contribution >= 0.6 is 0 Å². The Morgan fingerprint density at radius 2 is 1.30 bits per heavy atom. The van der Waals surface area contributed by atoms with Crippen LogP contribution in [0.4, 0.5) is 26.7 Å². The van der Waals surface area contributed by atoms with Crippen molar-refractivity contribution >= 4 is 77.0 Å². The Kier molecular flexibility index (Phi) is 33.4. The van der Waals surface area contributed by atoms with Crippen LogP contribution in [-0.2, 0) is 86.2 Å². The molecule has 32 heteroatoms. The number of benzene rings is 2. The van der Waals surface area contributed by atoms with Gasteiger partial charge in [-0.2, -0.15) is 13.2 Å². The van der Waals surface area contributed by atoms with Crippen molar-refractivity contribution in [3.63, 3.8) is 0 Å². The zero-order chi connectivity index (χ0) is 87.0. The fourth-order valence-corrected chi connectivity index (χ4v) is 16.4. The predicted molar refractivity (Wildman–Crippen MR) is 426 cm³/mol. The Morgan fingerprint density at radius 3 is 1.85 bits per heavy atom. The Morgan fingerprint density at radius 1 is 0.675 bits per heavy atom. The van der Waals surface area contributed by atoms with Crippen LogP contribution in [0.1, 0.15) is 195 Å². The molecule has 3 aliphatic carbocycles. The molecule has 12 amide bonds. The average molecular weight is 1650 g/mol. The van der Waals surface area contributed by atoms with Crippen molar-refractivity contribution in [1.29, 1.82) is 0 Å². The van der Waals surface area contributed by atoms with E-state index in [2.05, 4.69) is 16.0 Å². The van der Waals surface area contributed by atoms with Gasteiger partial charge in [-0.15, -0.1) is 0 Å². The molecule has 2 aromatic rings. The molecule has 5 aliphatic rings. The van der Waals surface area contributed by atoms with E-state index in [1.54, 1.807) is 65.0 Å². The number of amides is 12. The summed E-state index contributed by atoms with van der Waals surface area (Å²) in [5.41, 5.74) is -3.16. The molecule has 0 aromatic heterocycles. The van der Waals surface area contributed by atoms with Gasteiger partial charge in [-0.05, 0) is 166 Å². The van der Waals surface area contributed by atoms with Crippen LogP contribution < -0.4 is 16.0 Å². The van der Waals surface area contributed by atoms with Crippen molar-refractivity contribution in [3.05, 3.63) is 94.6 Å². The zero-order valence-corrected chi connectivity index (χ0v) is 71.1. The number of likely N-dealkylation sites (tertiary alicyclic amines) is 2. The molecule has 2 aliphatic heterocycles. The zero-order valence-electron chi connectivity index (χ0n) is 71.1. The topological polar surface area (TPSA) is 306 Å². The molecule has 2 saturated heterocycles. The van der Waals surface area contributed by atoms with Gasteiger partial charge in [0.15, 0.2) is 0 Å². The quantitative estimate of drug-likeness (QED) is 0.0429. The molecule has 7 rings (SSSR count). The number of aryl methyl sites for hydroxylation is 1. The number of allylic oxidation sites excluding steroid dienone is 4. The van der Waals surface area contributed by atoms with Gasteiger partial charge in [-0.25, -0.2) is 13.6 Å². The molecule has 11 atom stereocenters. The standard InChI is InChI=1S/C85H123F5N12O15/c1-18-53(6)70(79(112)96(14)54(7)74(107)102-43-39-63(102)78(111)100(19-2)66(47-55-35-33-52(5)34-36-55)77(110)95(13)49-68(104)117-83(8,9)10)92-72(105)64(44-51(3)4)97(15)67(103)48-65(76(109)94(11)12)98(16)80(113)71(58-30-23-24-31-58)99(17)81(114)84(40-25-26-41-84)93-73(106)62-32-27-42-101(62)75(108)61(91-82(115)116-50-56-28-21-20-22-29-56)38-37-57-45-59(86)69(60(87)46-57)85(88,89)90/h20-22,28-29,33-35,45-46,51,53-55,58,61-66,70-71H,18-19,23-27,30-32,36-44,47-50H2,1-17H3,(H,91,115)(H,92,105)(H,93,106)/t53-,54-,55?,61-,62-,63-,64-,65-,66-,70-,71-/m0/s1. The highest BCUT2D eigenvalue weighted by atomic mass is 19.4. The molecule has 4 fully saturated rings. The van der Waals surface area contributed by atoms with Crippen molar-refractivity contribution in [3.8, 4) is 0 Å². The number of alkyl carbamates (subject to hydrolysis) is 1. The van der Waals surface area contributed by atoms with Gasteiger partial charge in [-0.3, -0.25) is 57.5 Å². The number of nitrogens with zero attached hydrogens (tertiary/aromatic N) is 9. The summed E-state index contributed by atoms with van der Waals surface area (Å²) in [5, 5.41) is 8.38. The first-order chi connectivity index (χ1) is 54.9. The largest absolute Gasteiger partial charge is 0.459 e. The van der Waals surface area contributed by atoms with E-state index in [0.717, 1.165) is 10.5 Å². The molecule has 2 saturated carbocycles. The van der Waals surface area contributed by atoms with E-state index < -0.39 is 197 Å². The predicted octanol–water partition coefficient (Wildman–Crippen LogP) is 8.74. The Hall–Kier alpha value is -9.52. The smallest absolute Gasteiger partial charge is 0.422 e. The molecular formula is C85H123F5N12O15. The molecule has 3 N–H and O–H groups in total. The van der Waals surface area contributed by atoms with Gasteiger partial charge in [0.05, 0.1) is 6.42 Å². The van der Waals surface area contributed by atoms with E-state index in [1.807, 2.05) is 45.9 Å². The molecule has 27 nitrogen and oxygen atoms in total. The molecule has 648 valence electrons. The molecule has 2 aromatic carbocycles. The monoisotopic (exact) mass is 1650 g/mol. The van der Waals surface area contributed by atoms with E-state index in [1.165, 1.54) is 95.5 Å². The number of nitrogens with one attached hydrogen (secondary N) is 3. The van der Waals surface area contributed by atoms with Crippen LogP contribution in [0.5, 0.6) is 0 Å². The lowest BCUT2D eigenvalue weighted by molar-refractivity contribution is -0.163. The number of hydrogen-bond acceptors (Lipinski definition) is 15. The van der Waals surface area contributed by atoms with Crippen molar-refractivity contribution in [2.24, 2.45) is 23.7 Å². The minimum absolute atomic E-state index is 0.0260. The summed E-state index contributed by atoms with van der Waals surface area (Å²) in [7, 11) is 10.00. The van der Waals surface area contributed by atoms with Crippen LogP contribution in [-0.4, -0.2) is 262 Å². The first-order valence-corrected chi connectivity index (χ1v) is 41.0. The first kappa shape index (κ1) is 94.6. The third kappa shape index (κ3) is 24.1. The minimum atomic E-state index is -5.35. The number of rotatable bonds is 35. The van der Waals surface area contributed by atoms with Gasteiger partial charge < -0.3 is 69.5 Å². The fourth-order valence-electron chi connectivity index (χ4n) is 16.4. The fraction of sp³-hybridized carbons (Fsp3) is 0.659. The highest BCUT2D eigenvalue weighted by Gasteiger charge is 2.53.